The van der Waals surface area contributed by atoms with E-state index in [1.54, 1.807) is 12.1 Å². The second-order valence-corrected chi connectivity index (χ2v) is 2.38. The van der Waals surface area contributed by atoms with Crippen LogP contribution < -0.4 is 4.74 Å². The van der Waals surface area contributed by atoms with Crippen molar-refractivity contribution in [3.63, 3.8) is 0 Å². The lowest BCUT2D eigenvalue weighted by Crippen LogP contribution is -1.98. The summed E-state index contributed by atoms with van der Waals surface area (Å²) in [5, 5.41) is 7.62. The van der Waals surface area contributed by atoms with Crippen molar-refractivity contribution in [2.45, 2.75) is 6.42 Å². The summed E-state index contributed by atoms with van der Waals surface area (Å²) in [7, 11) is 0. The first-order valence-corrected chi connectivity index (χ1v) is 3.76. The molecule has 0 saturated heterocycles. The number of nitrogens with zero attached hydrogens (tertiary/aromatic N) is 2. The van der Waals surface area contributed by atoms with Crippen molar-refractivity contribution in [1.82, 2.24) is 10.2 Å². The summed E-state index contributed by atoms with van der Waals surface area (Å²) in [5.74, 6) is 2.89. The van der Waals surface area contributed by atoms with Crippen molar-refractivity contribution in [2.24, 2.45) is 0 Å². The third-order valence-corrected chi connectivity index (χ3v) is 1.31. The van der Waals surface area contributed by atoms with E-state index in [1.807, 2.05) is 0 Å². The molecule has 1 aromatic heterocycles. The zero-order valence-electron chi connectivity index (χ0n) is 6.33. The van der Waals surface area contributed by atoms with E-state index in [2.05, 4.69) is 16.1 Å². The number of ether oxygens (including phenoxy) is 1. The first-order valence-electron chi connectivity index (χ1n) is 3.38. The van der Waals surface area contributed by atoms with E-state index < -0.39 is 0 Å². The molecule has 1 aromatic rings. The van der Waals surface area contributed by atoms with Crippen LogP contribution in [0.5, 0.6) is 5.88 Å². The fraction of sp³-hybridized carbons (Fsp3) is 0.250. The first kappa shape index (κ1) is 8.82. The molecular formula is C8H7ClN2O. The van der Waals surface area contributed by atoms with Crippen molar-refractivity contribution in [2.75, 3.05) is 6.61 Å². The summed E-state index contributed by atoms with van der Waals surface area (Å²) in [4.78, 5) is 0. The third-order valence-electron chi connectivity index (χ3n) is 1.10. The molecule has 1 rings (SSSR count). The van der Waals surface area contributed by atoms with Crippen molar-refractivity contribution in [3.05, 3.63) is 17.3 Å². The topological polar surface area (TPSA) is 35.0 Å². The normalized spacial score (nSPS) is 9.00. The van der Waals surface area contributed by atoms with Crippen molar-refractivity contribution in [1.29, 1.82) is 0 Å². The Morgan fingerprint density at radius 3 is 2.92 bits per heavy atom. The van der Waals surface area contributed by atoms with Gasteiger partial charge >= 0.3 is 0 Å². The lowest BCUT2D eigenvalue weighted by molar-refractivity contribution is 0.310. The largest absolute Gasteiger partial charge is 0.476 e. The van der Waals surface area contributed by atoms with Gasteiger partial charge in [-0.15, -0.1) is 22.5 Å². The van der Waals surface area contributed by atoms with Crippen LogP contribution in [0.1, 0.15) is 6.42 Å². The molecule has 0 bridgehead atoms. The van der Waals surface area contributed by atoms with Gasteiger partial charge < -0.3 is 4.74 Å². The van der Waals surface area contributed by atoms with Gasteiger partial charge in [0, 0.05) is 12.5 Å². The van der Waals surface area contributed by atoms with Gasteiger partial charge in [0.1, 0.15) is 6.61 Å². The third kappa shape index (κ3) is 2.77. The SMILES string of the molecule is C#CCCOc1ccc(Cl)nn1. The molecule has 0 N–H and O–H groups in total. The molecule has 0 aliphatic rings. The number of aromatic nitrogens is 2. The van der Waals surface area contributed by atoms with E-state index in [9.17, 15) is 0 Å². The molecule has 0 fully saturated rings. The van der Waals surface area contributed by atoms with Crippen molar-refractivity contribution < 1.29 is 4.74 Å². The van der Waals surface area contributed by atoms with E-state index in [0.717, 1.165) is 0 Å². The maximum absolute atomic E-state index is 5.51. The molecule has 0 spiro atoms. The van der Waals surface area contributed by atoms with Crippen LogP contribution in [0.15, 0.2) is 12.1 Å². The summed E-state index contributed by atoms with van der Waals surface area (Å²) in [5.41, 5.74) is 0. The Kier molecular flexibility index (Phi) is 3.36. The number of halogens is 1. The van der Waals surface area contributed by atoms with Gasteiger partial charge in [-0.3, -0.25) is 0 Å². The van der Waals surface area contributed by atoms with Gasteiger partial charge in [-0.1, -0.05) is 11.6 Å². The van der Waals surface area contributed by atoms with E-state index in [-0.39, 0.29) is 0 Å². The number of rotatable bonds is 3. The maximum Gasteiger partial charge on any atom is 0.233 e. The first-order chi connectivity index (χ1) is 5.83. The van der Waals surface area contributed by atoms with Gasteiger partial charge in [-0.2, -0.15) is 0 Å². The van der Waals surface area contributed by atoms with Crippen LogP contribution in [0.4, 0.5) is 0 Å². The highest BCUT2D eigenvalue weighted by Gasteiger charge is 1.94. The summed E-state index contributed by atoms with van der Waals surface area (Å²) < 4.78 is 5.13. The second-order valence-electron chi connectivity index (χ2n) is 2.00. The van der Waals surface area contributed by atoms with E-state index >= 15 is 0 Å². The fourth-order valence-corrected chi connectivity index (χ4v) is 0.696. The molecule has 62 valence electrons. The van der Waals surface area contributed by atoms with Crippen LogP contribution in [-0.4, -0.2) is 16.8 Å². The quantitative estimate of drug-likeness (QED) is 0.525. The van der Waals surface area contributed by atoms with Crippen LogP contribution in [0.3, 0.4) is 0 Å². The molecule has 0 atom stereocenters. The minimum absolute atomic E-state index is 0.347. The average molecular weight is 183 g/mol. The van der Waals surface area contributed by atoms with E-state index in [4.69, 9.17) is 22.8 Å². The maximum atomic E-state index is 5.51. The molecule has 1 heterocycles. The predicted molar refractivity (Wildman–Crippen MR) is 46.0 cm³/mol. The summed E-state index contributed by atoms with van der Waals surface area (Å²) in [6, 6.07) is 3.26. The van der Waals surface area contributed by atoms with E-state index in [1.165, 1.54) is 0 Å². The van der Waals surface area contributed by atoms with Crippen LogP contribution in [0.2, 0.25) is 5.15 Å². The van der Waals surface area contributed by atoms with Gasteiger partial charge in [0.15, 0.2) is 5.15 Å². The number of hydrogen-bond donors (Lipinski definition) is 0. The molecular weight excluding hydrogens is 176 g/mol. The van der Waals surface area contributed by atoms with Gasteiger partial charge in [0.2, 0.25) is 5.88 Å². The van der Waals surface area contributed by atoms with Crippen LogP contribution in [0.25, 0.3) is 0 Å². The minimum Gasteiger partial charge on any atom is -0.476 e. The van der Waals surface area contributed by atoms with Gasteiger partial charge in [0.05, 0.1) is 0 Å². The number of terminal acetylenes is 1. The smallest absolute Gasteiger partial charge is 0.233 e. The summed E-state index contributed by atoms with van der Waals surface area (Å²) in [6.45, 7) is 0.451. The molecule has 0 saturated carbocycles. The van der Waals surface area contributed by atoms with Crippen LogP contribution in [-0.2, 0) is 0 Å². The number of hydrogen-bond acceptors (Lipinski definition) is 3. The molecule has 0 aromatic carbocycles. The Bertz CT molecular complexity index is 278. The second kappa shape index (κ2) is 4.58. The molecule has 4 heteroatoms. The zero-order valence-corrected chi connectivity index (χ0v) is 7.08. The minimum atomic E-state index is 0.347. The molecule has 0 unspecified atom stereocenters. The lowest BCUT2D eigenvalue weighted by Gasteiger charge is -2.00. The highest BCUT2D eigenvalue weighted by atomic mass is 35.5. The Morgan fingerprint density at radius 1 is 1.50 bits per heavy atom. The lowest BCUT2D eigenvalue weighted by atomic mass is 10.5. The van der Waals surface area contributed by atoms with Crippen LogP contribution >= 0.6 is 11.6 Å². The van der Waals surface area contributed by atoms with Crippen molar-refractivity contribution in [3.8, 4) is 18.2 Å². The fourth-order valence-electron chi connectivity index (χ4n) is 0.595. The summed E-state index contributed by atoms with van der Waals surface area (Å²) >= 11 is 5.51. The Balaban J connectivity index is 2.43. The predicted octanol–water partition coefficient (Wildman–Crippen LogP) is 1.53. The highest BCUT2D eigenvalue weighted by Crippen LogP contribution is 2.07. The molecule has 0 radical (unpaired) electrons. The Labute approximate surface area is 75.7 Å². The van der Waals surface area contributed by atoms with Crippen molar-refractivity contribution >= 4 is 11.6 Å². The average Bonchev–Trinajstić information content (AvgIpc) is 2.09. The Hall–Kier alpha value is -1.27. The Morgan fingerprint density at radius 2 is 2.33 bits per heavy atom. The summed E-state index contributed by atoms with van der Waals surface area (Å²) in [6.07, 6.45) is 5.59. The van der Waals surface area contributed by atoms with Gasteiger partial charge in [0.25, 0.3) is 0 Å². The zero-order chi connectivity index (χ0) is 8.81. The van der Waals surface area contributed by atoms with Crippen LogP contribution in [0, 0.1) is 12.3 Å². The molecule has 12 heavy (non-hydrogen) atoms. The molecule has 3 nitrogen and oxygen atoms in total. The highest BCUT2D eigenvalue weighted by molar-refractivity contribution is 6.29. The molecule has 0 amide bonds. The van der Waals surface area contributed by atoms with Gasteiger partial charge in [-0.05, 0) is 6.07 Å². The standard InChI is InChI=1S/C8H7ClN2O/c1-2-3-6-12-8-5-4-7(9)10-11-8/h1,4-5H,3,6H2. The van der Waals surface area contributed by atoms with Gasteiger partial charge in [-0.25, -0.2) is 0 Å². The van der Waals surface area contributed by atoms with E-state index in [0.29, 0.717) is 24.1 Å². The monoisotopic (exact) mass is 182 g/mol. The molecule has 0 aliphatic heterocycles. The molecule has 0 aliphatic carbocycles.